The second kappa shape index (κ2) is 5.14. The van der Waals surface area contributed by atoms with Crippen LogP contribution in [0.25, 0.3) is 0 Å². The van der Waals surface area contributed by atoms with Gasteiger partial charge in [-0.15, -0.1) is 0 Å². The van der Waals surface area contributed by atoms with Crippen LogP contribution < -0.4 is 22.1 Å². The van der Waals surface area contributed by atoms with Gasteiger partial charge in [0.2, 0.25) is 0 Å². The van der Waals surface area contributed by atoms with Gasteiger partial charge in [0.1, 0.15) is 0 Å². The van der Waals surface area contributed by atoms with Crippen molar-refractivity contribution in [2.24, 2.45) is 16.9 Å². The molecule has 0 heterocycles. The van der Waals surface area contributed by atoms with Gasteiger partial charge in [-0.25, -0.2) is 0 Å². The molecule has 106 valence electrons. The van der Waals surface area contributed by atoms with E-state index < -0.39 is 0 Å². The Morgan fingerprint density at radius 1 is 1.06 bits per heavy atom. The van der Waals surface area contributed by atoms with Gasteiger partial charge in [0.15, 0.2) is 11.9 Å². The van der Waals surface area contributed by atoms with Crippen molar-refractivity contribution in [3.05, 3.63) is 0 Å². The van der Waals surface area contributed by atoms with Crippen molar-refractivity contribution < 1.29 is 0 Å². The smallest absolute Gasteiger partial charge is 0.195 e. The average Bonchev–Trinajstić information content (AvgIpc) is 1.94. The van der Waals surface area contributed by atoms with Crippen molar-refractivity contribution in [2.45, 2.75) is 59.0 Å². The summed E-state index contributed by atoms with van der Waals surface area (Å²) in [6.07, 6.45) is 0.686. The van der Waals surface area contributed by atoms with Crippen molar-refractivity contribution >= 4 is 11.9 Å². The fraction of sp³-hybridized carbons (Fsp3) is 0.833. The Bertz CT molecular complexity index is 324. The molecule has 0 aliphatic rings. The Labute approximate surface area is 110 Å². The Balaban J connectivity index is 4.66. The van der Waals surface area contributed by atoms with Crippen LogP contribution >= 0.6 is 0 Å². The molecule has 6 heteroatoms. The molecule has 1 atom stereocenters. The molecule has 0 aliphatic heterocycles. The molecule has 0 fully saturated rings. The number of hydrogen-bond donors (Lipinski definition) is 6. The molecular weight excluding hydrogens is 228 g/mol. The number of guanidine groups is 2. The van der Waals surface area contributed by atoms with Gasteiger partial charge >= 0.3 is 0 Å². The van der Waals surface area contributed by atoms with Crippen molar-refractivity contribution in [3.8, 4) is 0 Å². The van der Waals surface area contributed by atoms with Crippen molar-refractivity contribution in [2.75, 3.05) is 0 Å². The Morgan fingerprint density at radius 2 is 1.50 bits per heavy atom. The highest BCUT2D eigenvalue weighted by atomic mass is 15.2. The molecule has 8 N–H and O–H groups in total. The highest BCUT2D eigenvalue weighted by molar-refractivity contribution is 5.95. The zero-order valence-corrected chi connectivity index (χ0v) is 12.4. The van der Waals surface area contributed by atoms with E-state index in [2.05, 4.69) is 31.4 Å². The maximum absolute atomic E-state index is 7.65. The van der Waals surface area contributed by atoms with Crippen LogP contribution in [0.3, 0.4) is 0 Å². The molecule has 0 radical (unpaired) electrons. The molecule has 6 nitrogen and oxygen atoms in total. The second-order valence-corrected chi connectivity index (χ2v) is 6.77. The summed E-state index contributed by atoms with van der Waals surface area (Å²) < 4.78 is 0. The Kier molecular flexibility index (Phi) is 4.77. The Morgan fingerprint density at radius 3 is 1.83 bits per heavy atom. The van der Waals surface area contributed by atoms with E-state index in [0.717, 1.165) is 0 Å². The molecule has 0 amide bonds. The molecule has 0 aromatic carbocycles. The highest BCUT2D eigenvalue weighted by Gasteiger charge is 2.38. The molecular formula is C12H28N6. The van der Waals surface area contributed by atoms with Crippen LogP contribution in [0.2, 0.25) is 0 Å². The molecule has 0 spiro atoms. The Hall–Kier alpha value is -1.30. The first-order chi connectivity index (χ1) is 7.77. The summed E-state index contributed by atoms with van der Waals surface area (Å²) in [6.45, 7) is 12.3. The fourth-order valence-electron chi connectivity index (χ4n) is 1.73. The van der Waals surface area contributed by atoms with Crippen molar-refractivity contribution in [1.82, 2.24) is 10.6 Å². The first-order valence-electron chi connectivity index (χ1n) is 6.03. The number of nitrogens with one attached hydrogen (secondary N) is 4. The lowest BCUT2D eigenvalue weighted by Gasteiger charge is -2.44. The van der Waals surface area contributed by atoms with Gasteiger partial charge < -0.3 is 16.8 Å². The molecule has 0 aliphatic carbocycles. The van der Waals surface area contributed by atoms with E-state index in [1.165, 1.54) is 0 Å². The van der Waals surface area contributed by atoms with Gasteiger partial charge in [-0.05, 0) is 32.6 Å². The fourth-order valence-corrected chi connectivity index (χ4v) is 1.73. The van der Waals surface area contributed by atoms with E-state index in [4.69, 9.17) is 22.3 Å². The van der Waals surface area contributed by atoms with Gasteiger partial charge in [-0.1, -0.05) is 20.8 Å². The van der Waals surface area contributed by atoms with Crippen molar-refractivity contribution in [1.29, 1.82) is 10.8 Å². The summed E-state index contributed by atoms with van der Waals surface area (Å²) in [7, 11) is 0. The normalized spacial score (nSPS) is 15.7. The van der Waals surface area contributed by atoms with Gasteiger partial charge in [0, 0.05) is 11.1 Å². The highest BCUT2D eigenvalue weighted by Crippen LogP contribution is 2.34. The third-order valence-electron chi connectivity index (χ3n) is 3.25. The largest absolute Gasteiger partial charge is 0.370 e. The summed E-state index contributed by atoms with van der Waals surface area (Å²) in [5, 5.41) is 20.1. The van der Waals surface area contributed by atoms with Crippen LogP contribution in [0.15, 0.2) is 0 Å². The zero-order chi connectivity index (χ0) is 14.8. The number of rotatable bonds is 3. The van der Waals surface area contributed by atoms with E-state index in [1.54, 1.807) is 0 Å². The molecule has 0 bridgehead atoms. The standard InChI is InChI=1S/C12H28N6/c1-10(2,3)12(6,16)7-11(4,5)18-9(15)17-8(13)14/h7,16H2,1-6H3,(H6,13,14,15,17,18). The molecule has 0 saturated heterocycles. The summed E-state index contributed by atoms with van der Waals surface area (Å²) in [5.74, 6) is -0.244. The summed E-state index contributed by atoms with van der Waals surface area (Å²) in [6, 6.07) is 0. The first kappa shape index (κ1) is 16.7. The van der Waals surface area contributed by atoms with E-state index in [9.17, 15) is 0 Å². The predicted octanol–water partition coefficient (Wildman–Crippen LogP) is 0.926. The minimum Gasteiger partial charge on any atom is -0.370 e. The minimum atomic E-state index is -0.375. The zero-order valence-electron chi connectivity index (χ0n) is 12.4. The summed E-state index contributed by atoms with van der Waals surface area (Å²) >= 11 is 0. The van der Waals surface area contributed by atoms with Gasteiger partial charge in [0.25, 0.3) is 0 Å². The molecule has 0 aromatic rings. The van der Waals surface area contributed by atoms with Crippen LogP contribution in [-0.4, -0.2) is 23.0 Å². The lowest BCUT2D eigenvalue weighted by Crippen LogP contribution is -2.59. The van der Waals surface area contributed by atoms with Crippen LogP contribution in [0.4, 0.5) is 0 Å². The summed E-state index contributed by atoms with van der Waals surface area (Å²) in [5.41, 5.74) is 10.8. The van der Waals surface area contributed by atoms with E-state index in [0.29, 0.717) is 6.42 Å². The minimum absolute atomic E-state index is 0.0113. The van der Waals surface area contributed by atoms with Crippen LogP contribution in [-0.2, 0) is 0 Å². The first-order valence-corrected chi connectivity index (χ1v) is 6.03. The lowest BCUT2D eigenvalue weighted by atomic mass is 9.69. The van der Waals surface area contributed by atoms with Gasteiger partial charge in [0.05, 0.1) is 0 Å². The second-order valence-electron chi connectivity index (χ2n) is 6.77. The molecule has 0 saturated carbocycles. The topological polar surface area (TPSA) is 124 Å². The van der Waals surface area contributed by atoms with Crippen LogP contribution in [0.1, 0.15) is 48.0 Å². The van der Waals surface area contributed by atoms with E-state index >= 15 is 0 Å². The van der Waals surface area contributed by atoms with Crippen molar-refractivity contribution in [3.63, 3.8) is 0 Å². The lowest BCUT2D eigenvalue weighted by molar-refractivity contribution is 0.157. The van der Waals surface area contributed by atoms with Gasteiger partial charge in [-0.2, -0.15) is 0 Å². The van der Waals surface area contributed by atoms with Crippen LogP contribution in [0, 0.1) is 16.2 Å². The van der Waals surface area contributed by atoms with E-state index in [-0.39, 0.29) is 28.4 Å². The third kappa shape index (κ3) is 5.35. The molecule has 0 rings (SSSR count). The molecule has 1 unspecified atom stereocenters. The SMILES string of the molecule is CC(C)(CC(C)(N)C(C)(C)C)NC(=N)NC(=N)N. The summed E-state index contributed by atoms with van der Waals surface area (Å²) in [4.78, 5) is 0. The van der Waals surface area contributed by atoms with E-state index in [1.807, 2.05) is 20.8 Å². The molecule has 0 aromatic heterocycles. The number of hydrogen-bond acceptors (Lipinski definition) is 3. The van der Waals surface area contributed by atoms with Crippen LogP contribution in [0.5, 0.6) is 0 Å². The maximum Gasteiger partial charge on any atom is 0.195 e. The average molecular weight is 256 g/mol. The van der Waals surface area contributed by atoms with Gasteiger partial charge in [-0.3, -0.25) is 16.1 Å². The maximum atomic E-state index is 7.65. The predicted molar refractivity (Wildman–Crippen MR) is 76.7 cm³/mol. The quantitative estimate of drug-likeness (QED) is 0.332. The number of nitrogens with two attached hydrogens (primary N) is 2. The monoisotopic (exact) mass is 256 g/mol. The third-order valence-corrected chi connectivity index (χ3v) is 3.25. The molecule has 18 heavy (non-hydrogen) atoms.